The predicted molar refractivity (Wildman–Crippen MR) is 52.2 cm³/mol. The van der Waals surface area contributed by atoms with Crippen LogP contribution in [0.3, 0.4) is 0 Å². The van der Waals surface area contributed by atoms with E-state index in [1.165, 1.54) is 12.8 Å². The molecule has 2 saturated heterocycles. The summed E-state index contributed by atoms with van der Waals surface area (Å²) in [4.78, 5) is 2.39. The van der Waals surface area contributed by atoms with Gasteiger partial charge in [0.2, 0.25) is 0 Å². The van der Waals surface area contributed by atoms with Gasteiger partial charge < -0.3 is 5.11 Å². The molecule has 0 radical (unpaired) electrons. The van der Waals surface area contributed by atoms with Gasteiger partial charge in [-0.25, -0.2) is 0 Å². The van der Waals surface area contributed by atoms with Crippen LogP contribution in [0.2, 0.25) is 0 Å². The number of fused-ring (bicyclic) bond motifs is 2. The van der Waals surface area contributed by atoms with Crippen molar-refractivity contribution in [3.63, 3.8) is 0 Å². The first-order valence-electron chi connectivity index (χ1n) is 5.04. The minimum absolute atomic E-state index is 0.447. The highest BCUT2D eigenvalue weighted by Crippen LogP contribution is 2.39. The second kappa shape index (κ2) is 3.01. The van der Waals surface area contributed by atoms with Crippen LogP contribution in [0.5, 0.6) is 0 Å². The normalized spacial score (nSPS) is 44.7. The lowest BCUT2D eigenvalue weighted by Gasteiger charge is -2.41. The molecule has 13 heavy (non-hydrogen) atoms. The third-order valence-electron chi connectivity index (χ3n) is 3.40. The average Bonchev–Trinajstić information content (AvgIpc) is 2.31. The zero-order valence-electron chi connectivity index (χ0n) is 8.16. The Morgan fingerprint density at radius 2 is 2.00 bits per heavy atom. The molecule has 2 rings (SSSR count). The quantitative estimate of drug-likeness (QED) is 0.607. The van der Waals surface area contributed by atoms with Crippen molar-refractivity contribution in [1.29, 1.82) is 0 Å². The molecule has 2 unspecified atom stereocenters. The molecule has 2 fully saturated rings. The lowest BCUT2D eigenvalue weighted by atomic mass is 9.88. The molecule has 0 aromatic heterocycles. The highest BCUT2D eigenvalue weighted by atomic mass is 16.3. The van der Waals surface area contributed by atoms with Gasteiger partial charge in [0.05, 0.1) is 12.1 Å². The molecular formula is C11H17NO. The Morgan fingerprint density at radius 3 is 2.46 bits per heavy atom. The van der Waals surface area contributed by atoms with E-state index < -0.39 is 5.60 Å². The molecule has 2 heteroatoms. The van der Waals surface area contributed by atoms with Gasteiger partial charge in [0.25, 0.3) is 0 Å². The number of rotatable bonds is 1. The van der Waals surface area contributed by atoms with E-state index in [1.54, 1.807) is 0 Å². The van der Waals surface area contributed by atoms with Crippen LogP contribution in [0.25, 0.3) is 0 Å². The summed E-state index contributed by atoms with van der Waals surface area (Å²) in [6.45, 7) is 2.71. The second-order valence-corrected chi connectivity index (χ2v) is 4.67. The van der Waals surface area contributed by atoms with Gasteiger partial charge in [-0.05, 0) is 32.6 Å². The molecule has 2 aliphatic heterocycles. The Bertz CT molecular complexity index is 225. The maximum absolute atomic E-state index is 9.96. The van der Waals surface area contributed by atoms with E-state index >= 15 is 0 Å². The molecule has 0 aromatic carbocycles. The standard InChI is InChI=1S/C11H17NO/c1-3-6-12-9-4-5-10(12)8-11(2,13)7-9/h1,9-10,13H,4-8H2,2H3. The van der Waals surface area contributed by atoms with Crippen molar-refractivity contribution in [3.8, 4) is 12.3 Å². The third kappa shape index (κ3) is 1.59. The summed E-state index contributed by atoms with van der Waals surface area (Å²) in [6, 6.07) is 1.06. The van der Waals surface area contributed by atoms with Gasteiger partial charge in [-0.2, -0.15) is 0 Å². The van der Waals surface area contributed by atoms with Crippen LogP contribution >= 0.6 is 0 Å². The summed E-state index contributed by atoms with van der Waals surface area (Å²) in [6.07, 6.45) is 9.53. The number of aliphatic hydroxyl groups is 1. The van der Waals surface area contributed by atoms with Gasteiger partial charge >= 0.3 is 0 Å². The Labute approximate surface area is 79.9 Å². The first-order valence-corrected chi connectivity index (χ1v) is 5.04. The Morgan fingerprint density at radius 1 is 1.46 bits per heavy atom. The lowest BCUT2D eigenvalue weighted by molar-refractivity contribution is -0.0339. The first kappa shape index (κ1) is 9.05. The molecule has 1 N–H and O–H groups in total. The minimum Gasteiger partial charge on any atom is -0.390 e. The minimum atomic E-state index is -0.447. The molecular weight excluding hydrogens is 162 g/mol. The largest absolute Gasteiger partial charge is 0.390 e. The Hall–Kier alpha value is -0.520. The van der Waals surface area contributed by atoms with Crippen LogP contribution in [0.4, 0.5) is 0 Å². The van der Waals surface area contributed by atoms with Gasteiger partial charge in [0.1, 0.15) is 0 Å². The van der Waals surface area contributed by atoms with Crippen molar-refractivity contribution in [2.24, 2.45) is 0 Å². The summed E-state index contributed by atoms with van der Waals surface area (Å²) >= 11 is 0. The molecule has 2 bridgehead atoms. The number of hydrogen-bond donors (Lipinski definition) is 1. The summed E-state index contributed by atoms with van der Waals surface area (Å²) in [7, 11) is 0. The zero-order chi connectivity index (χ0) is 9.47. The van der Waals surface area contributed by atoms with Crippen LogP contribution in [-0.4, -0.2) is 34.2 Å². The van der Waals surface area contributed by atoms with Crippen LogP contribution in [0.1, 0.15) is 32.6 Å². The SMILES string of the molecule is C#CCN1C2CCC1CC(C)(O)C2. The van der Waals surface area contributed by atoms with Gasteiger partial charge in [0, 0.05) is 12.1 Å². The van der Waals surface area contributed by atoms with E-state index in [9.17, 15) is 5.11 Å². The van der Waals surface area contributed by atoms with Crippen LogP contribution in [0, 0.1) is 12.3 Å². The van der Waals surface area contributed by atoms with Crippen molar-refractivity contribution in [2.75, 3.05) is 6.54 Å². The zero-order valence-corrected chi connectivity index (χ0v) is 8.16. The van der Waals surface area contributed by atoms with Crippen LogP contribution in [0.15, 0.2) is 0 Å². The van der Waals surface area contributed by atoms with Crippen LogP contribution in [-0.2, 0) is 0 Å². The third-order valence-corrected chi connectivity index (χ3v) is 3.40. The summed E-state index contributed by atoms with van der Waals surface area (Å²) < 4.78 is 0. The molecule has 2 aliphatic rings. The number of piperidine rings is 1. The molecule has 0 saturated carbocycles. The van der Waals surface area contributed by atoms with Crippen molar-refractivity contribution in [2.45, 2.75) is 50.3 Å². The average molecular weight is 179 g/mol. The Kier molecular flexibility index (Phi) is 2.09. The summed E-state index contributed by atoms with van der Waals surface area (Å²) in [5.41, 5.74) is -0.447. The number of hydrogen-bond acceptors (Lipinski definition) is 2. The molecule has 0 aromatic rings. The summed E-state index contributed by atoms with van der Waals surface area (Å²) in [5.74, 6) is 2.71. The fourth-order valence-electron chi connectivity index (χ4n) is 2.92. The van der Waals surface area contributed by atoms with Crippen molar-refractivity contribution < 1.29 is 5.11 Å². The van der Waals surface area contributed by atoms with Crippen molar-refractivity contribution in [3.05, 3.63) is 0 Å². The van der Waals surface area contributed by atoms with E-state index in [1.807, 2.05) is 6.92 Å². The predicted octanol–water partition coefficient (Wildman–Crippen LogP) is 0.997. The maximum Gasteiger partial charge on any atom is 0.0649 e. The first-order chi connectivity index (χ1) is 6.12. The highest BCUT2D eigenvalue weighted by Gasteiger charge is 2.44. The topological polar surface area (TPSA) is 23.5 Å². The van der Waals surface area contributed by atoms with Crippen molar-refractivity contribution >= 4 is 0 Å². The lowest BCUT2D eigenvalue weighted by Crippen LogP contribution is -2.49. The van der Waals surface area contributed by atoms with E-state index in [-0.39, 0.29) is 0 Å². The maximum atomic E-state index is 9.96. The fraction of sp³-hybridized carbons (Fsp3) is 0.818. The van der Waals surface area contributed by atoms with Crippen molar-refractivity contribution in [1.82, 2.24) is 4.90 Å². The van der Waals surface area contributed by atoms with Gasteiger partial charge in [-0.1, -0.05) is 5.92 Å². The van der Waals surface area contributed by atoms with E-state index in [0.29, 0.717) is 12.1 Å². The smallest absolute Gasteiger partial charge is 0.0649 e. The van der Waals surface area contributed by atoms with Gasteiger partial charge in [-0.15, -0.1) is 6.42 Å². The van der Waals surface area contributed by atoms with Crippen LogP contribution < -0.4 is 0 Å². The fourth-order valence-corrected chi connectivity index (χ4v) is 2.92. The molecule has 72 valence electrons. The molecule has 0 spiro atoms. The second-order valence-electron chi connectivity index (χ2n) is 4.67. The molecule has 2 nitrogen and oxygen atoms in total. The van der Waals surface area contributed by atoms with Gasteiger partial charge in [-0.3, -0.25) is 4.90 Å². The van der Waals surface area contributed by atoms with Gasteiger partial charge in [0.15, 0.2) is 0 Å². The molecule has 2 heterocycles. The Balaban J connectivity index is 2.10. The van der Waals surface area contributed by atoms with E-state index in [0.717, 1.165) is 19.4 Å². The number of nitrogens with zero attached hydrogens (tertiary/aromatic N) is 1. The molecule has 2 atom stereocenters. The van der Waals surface area contributed by atoms with E-state index in [2.05, 4.69) is 10.8 Å². The molecule has 0 aliphatic carbocycles. The number of terminal acetylenes is 1. The monoisotopic (exact) mass is 179 g/mol. The highest BCUT2D eigenvalue weighted by molar-refractivity contribution is 5.03. The summed E-state index contributed by atoms with van der Waals surface area (Å²) in [5, 5.41) is 9.96. The molecule has 0 amide bonds. The van der Waals surface area contributed by atoms with E-state index in [4.69, 9.17) is 6.42 Å².